The predicted molar refractivity (Wildman–Crippen MR) is 64.6 cm³/mol. The van der Waals surface area contributed by atoms with Crippen LogP contribution in [0.2, 0.25) is 0 Å². The van der Waals surface area contributed by atoms with Crippen molar-refractivity contribution in [2.45, 2.75) is 57.4 Å². The van der Waals surface area contributed by atoms with Crippen LogP contribution in [0.4, 0.5) is 0 Å². The smallest absolute Gasteiger partial charge is 0.226 e. The number of hydrogen-bond acceptors (Lipinski definition) is 4. The monoisotopic (exact) mass is 235 g/mol. The highest BCUT2D eigenvalue weighted by atomic mass is 16.5. The zero-order chi connectivity index (χ0) is 11.5. The SMILES string of the molecule is C1CCNC(c2noc(CC3CCC3)n2)CC1. The lowest BCUT2D eigenvalue weighted by atomic mass is 9.83. The van der Waals surface area contributed by atoms with E-state index in [0.29, 0.717) is 6.04 Å². The van der Waals surface area contributed by atoms with Gasteiger partial charge in [0.15, 0.2) is 5.82 Å². The second-order valence-corrected chi connectivity index (χ2v) is 5.40. The maximum Gasteiger partial charge on any atom is 0.226 e. The van der Waals surface area contributed by atoms with Gasteiger partial charge in [-0.25, -0.2) is 0 Å². The first kappa shape index (κ1) is 11.2. The van der Waals surface area contributed by atoms with E-state index in [1.165, 1.54) is 38.5 Å². The molecular formula is C13H21N3O. The van der Waals surface area contributed by atoms with Gasteiger partial charge in [-0.3, -0.25) is 0 Å². The molecule has 1 saturated carbocycles. The molecule has 1 N–H and O–H groups in total. The average molecular weight is 235 g/mol. The third kappa shape index (κ3) is 2.68. The standard InChI is InChI=1S/C13H21N3O/c1-2-7-11(14-8-3-1)13-15-12(17-16-13)9-10-5-4-6-10/h10-11,14H,1-9H2. The summed E-state index contributed by atoms with van der Waals surface area (Å²) in [6, 6.07) is 0.316. The van der Waals surface area contributed by atoms with Crippen molar-refractivity contribution in [3.8, 4) is 0 Å². The minimum absolute atomic E-state index is 0.316. The molecule has 2 heterocycles. The van der Waals surface area contributed by atoms with Crippen molar-refractivity contribution >= 4 is 0 Å². The zero-order valence-corrected chi connectivity index (χ0v) is 10.3. The fraction of sp³-hybridized carbons (Fsp3) is 0.846. The Morgan fingerprint density at radius 1 is 1.12 bits per heavy atom. The molecule has 1 saturated heterocycles. The maximum absolute atomic E-state index is 5.36. The second kappa shape index (κ2) is 5.17. The van der Waals surface area contributed by atoms with E-state index in [0.717, 1.165) is 37.0 Å². The average Bonchev–Trinajstić information content (AvgIpc) is 2.57. The maximum atomic E-state index is 5.36. The number of rotatable bonds is 3. The predicted octanol–water partition coefficient (Wildman–Crippen LogP) is 2.62. The number of nitrogens with one attached hydrogen (secondary N) is 1. The minimum Gasteiger partial charge on any atom is -0.339 e. The van der Waals surface area contributed by atoms with Crippen LogP contribution in [0.3, 0.4) is 0 Å². The lowest BCUT2D eigenvalue weighted by Crippen LogP contribution is -2.21. The van der Waals surface area contributed by atoms with Gasteiger partial charge in [-0.1, -0.05) is 24.4 Å². The van der Waals surface area contributed by atoms with Crippen molar-refractivity contribution in [3.63, 3.8) is 0 Å². The first-order valence-electron chi connectivity index (χ1n) is 6.97. The summed E-state index contributed by atoms with van der Waals surface area (Å²) in [5.74, 6) is 2.52. The Kier molecular flexibility index (Phi) is 3.41. The van der Waals surface area contributed by atoms with Gasteiger partial charge >= 0.3 is 0 Å². The lowest BCUT2D eigenvalue weighted by Gasteiger charge is -2.23. The van der Waals surface area contributed by atoms with E-state index in [2.05, 4.69) is 15.5 Å². The molecule has 0 bridgehead atoms. The fourth-order valence-electron chi connectivity index (χ4n) is 2.69. The quantitative estimate of drug-likeness (QED) is 0.875. The molecule has 1 unspecified atom stereocenters. The Hall–Kier alpha value is -0.900. The molecule has 1 atom stereocenters. The Labute approximate surface area is 102 Å². The molecule has 0 radical (unpaired) electrons. The van der Waals surface area contributed by atoms with Crippen LogP contribution >= 0.6 is 0 Å². The van der Waals surface area contributed by atoms with Crippen LogP contribution in [0, 0.1) is 5.92 Å². The Morgan fingerprint density at radius 3 is 2.88 bits per heavy atom. The second-order valence-electron chi connectivity index (χ2n) is 5.40. The molecule has 2 aliphatic rings. The summed E-state index contributed by atoms with van der Waals surface area (Å²) in [4.78, 5) is 4.56. The van der Waals surface area contributed by atoms with Gasteiger partial charge in [-0.15, -0.1) is 0 Å². The van der Waals surface area contributed by atoms with E-state index >= 15 is 0 Å². The van der Waals surface area contributed by atoms with Crippen LogP contribution in [0.25, 0.3) is 0 Å². The van der Waals surface area contributed by atoms with E-state index in [-0.39, 0.29) is 0 Å². The third-order valence-corrected chi connectivity index (χ3v) is 4.04. The van der Waals surface area contributed by atoms with Gasteiger partial charge in [0, 0.05) is 6.42 Å². The van der Waals surface area contributed by atoms with Gasteiger partial charge in [-0.05, 0) is 38.1 Å². The third-order valence-electron chi connectivity index (χ3n) is 4.04. The lowest BCUT2D eigenvalue weighted by molar-refractivity contribution is 0.272. The molecule has 4 heteroatoms. The van der Waals surface area contributed by atoms with Gasteiger partial charge in [0.25, 0.3) is 0 Å². The summed E-state index contributed by atoms with van der Waals surface area (Å²) in [7, 11) is 0. The highest BCUT2D eigenvalue weighted by molar-refractivity contribution is 4.96. The molecule has 1 aromatic heterocycles. The van der Waals surface area contributed by atoms with Crippen molar-refractivity contribution in [1.29, 1.82) is 0 Å². The Morgan fingerprint density at radius 2 is 2.06 bits per heavy atom. The molecule has 4 nitrogen and oxygen atoms in total. The highest BCUT2D eigenvalue weighted by Gasteiger charge is 2.23. The summed E-state index contributed by atoms with van der Waals surface area (Å²) in [5, 5.41) is 7.65. The number of nitrogens with zero attached hydrogens (tertiary/aromatic N) is 2. The molecule has 1 aliphatic heterocycles. The first-order valence-corrected chi connectivity index (χ1v) is 6.97. The van der Waals surface area contributed by atoms with Gasteiger partial charge in [-0.2, -0.15) is 4.98 Å². The minimum atomic E-state index is 0.316. The molecular weight excluding hydrogens is 214 g/mol. The summed E-state index contributed by atoms with van der Waals surface area (Å²) in [6.45, 7) is 1.08. The fourth-order valence-corrected chi connectivity index (χ4v) is 2.69. The van der Waals surface area contributed by atoms with E-state index in [1.807, 2.05) is 0 Å². The van der Waals surface area contributed by atoms with Crippen molar-refractivity contribution in [3.05, 3.63) is 11.7 Å². The van der Waals surface area contributed by atoms with Gasteiger partial charge in [0.2, 0.25) is 5.89 Å². The van der Waals surface area contributed by atoms with Gasteiger partial charge < -0.3 is 9.84 Å². The summed E-state index contributed by atoms with van der Waals surface area (Å²) >= 11 is 0. The van der Waals surface area contributed by atoms with Gasteiger partial charge in [0.05, 0.1) is 6.04 Å². The van der Waals surface area contributed by atoms with E-state index in [1.54, 1.807) is 0 Å². The van der Waals surface area contributed by atoms with Crippen LogP contribution in [-0.4, -0.2) is 16.7 Å². The normalized spacial score (nSPS) is 26.5. The highest BCUT2D eigenvalue weighted by Crippen LogP contribution is 2.29. The number of aromatic nitrogens is 2. The Bertz CT molecular complexity index is 351. The summed E-state index contributed by atoms with van der Waals surface area (Å²) < 4.78 is 5.36. The topological polar surface area (TPSA) is 51.0 Å². The van der Waals surface area contributed by atoms with Crippen LogP contribution < -0.4 is 5.32 Å². The van der Waals surface area contributed by atoms with Crippen molar-refractivity contribution in [2.24, 2.45) is 5.92 Å². The van der Waals surface area contributed by atoms with Crippen LogP contribution in [0.15, 0.2) is 4.52 Å². The van der Waals surface area contributed by atoms with Crippen LogP contribution in [0.5, 0.6) is 0 Å². The van der Waals surface area contributed by atoms with Crippen molar-refractivity contribution in [1.82, 2.24) is 15.5 Å². The summed E-state index contributed by atoms with van der Waals surface area (Å²) in [6.07, 6.45) is 10.0. The molecule has 94 valence electrons. The largest absolute Gasteiger partial charge is 0.339 e. The van der Waals surface area contributed by atoms with Gasteiger partial charge in [0.1, 0.15) is 0 Å². The van der Waals surface area contributed by atoms with E-state index in [9.17, 15) is 0 Å². The Balaban J connectivity index is 1.61. The van der Waals surface area contributed by atoms with Crippen molar-refractivity contribution < 1.29 is 4.52 Å². The molecule has 1 aromatic rings. The van der Waals surface area contributed by atoms with Crippen molar-refractivity contribution in [2.75, 3.05) is 6.54 Å². The van der Waals surface area contributed by atoms with E-state index < -0.39 is 0 Å². The molecule has 1 aliphatic carbocycles. The molecule has 3 rings (SSSR count). The first-order chi connectivity index (χ1) is 8.42. The molecule has 2 fully saturated rings. The van der Waals surface area contributed by atoms with E-state index in [4.69, 9.17) is 4.52 Å². The van der Waals surface area contributed by atoms with Crippen LogP contribution in [-0.2, 0) is 6.42 Å². The molecule has 0 aromatic carbocycles. The molecule has 0 amide bonds. The van der Waals surface area contributed by atoms with Crippen LogP contribution in [0.1, 0.15) is 62.7 Å². The zero-order valence-electron chi connectivity index (χ0n) is 10.3. The molecule has 0 spiro atoms. The molecule has 17 heavy (non-hydrogen) atoms. The summed E-state index contributed by atoms with van der Waals surface area (Å²) in [5.41, 5.74) is 0. The number of hydrogen-bond donors (Lipinski definition) is 1.